The molecular weight excluding hydrogens is 304 g/mol. The summed E-state index contributed by atoms with van der Waals surface area (Å²) in [4.78, 5) is 12.0. The van der Waals surface area contributed by atoms with Gasteiger partial charge in [-0.3, -0.25) is 4.79 Å². The number of methoxy groups -OCH3 is 1. The highest BCUT2D eigenvalue weighted by atomic mass is 35.5. The van der Waals surface area contributed by atoms with Gasteiger partial charge in [0.1, 0.15) is 11.3 Å². The Morgan fingerprint density at radius 1 is 1.41 bits per heavy atom. The van der Waals surface area contributed by atoms with Crippen LogP contribution < -0.4 is 11.1 Å². The highest BCUT2D eigenvalue weighted by Gasteiger charge is 2.19. The molecule has 5 nitrogen and oxygen atoms in total. The zero-order valence-corrected chi connectivity index (χ0v) is 13.9. The molecule has 1 heterocycles. The first-order valence-corrected chi connectivity index (χ1v) is 7.07. The lowest BCUT2D eigenvalue weighted by molar-refractivity contribution is -0.124. The number of hydrogen-bond acceptors (Lipinski definition) is 4. The summed E-state index contributed by atoms with van der Waals surface area (Å²) in [5.74, 6) is 0.686. The molecule has 1 amide bonds. The maximum atomic E-state index is 12.0. The second kappa shape index (κ2) is 8.17. The van der Waals surface area contributed by atoms with Crippen molar-refractivity contribution in [3.05, 3.63) is 35.6 Å². The number of benzene rings is 1. The van der Waals surface area contributed by atoms with Gasteiger partial charge < -0.3 is 20.2 Å². The highest BCUT2D eigenvalue weighted by molar-refractivity contribution is 5.85. The molecule has 22 heavy (non-hydrogen) atoms. The molecule has 0 saturated carbocycles. The zero-order chi connectivity index (χ0) is 15.4. The maximum Gasteiger partial charge on any atom is 0.223 e. The Morgan fingerprint density at radius 2 is 2.09 bits per heavy atom. The minimum absolute atomic E-state index is 0. The summed E-state index contributed by atoms with van der Waals surface area (Å²) in [6.45, 7) is 4.23. The van der Waals surface area contributed by atoms with E-state index in [2.05, 4.69) is 5.32 Å². The van der Waals surface area contributed by atoms with Crippen molar-refractivity contribution in [1.82, 2.24) is 5.32 Å². The summed E-state index contributed by atoms with van der Waals surface area (Å²) in [6.07, 6.45) is -0.00894. The van der Waals surface area contributed by atoms with Crippen LogP contribution in [0.4, 0.5) is 0 Å². The fraction of sp³-hybridized carbons (Fsp3) is 0.438. The topological polar surface area (TPSA) is 77.5 Å². The van der Waals surface area contributed by atoms with Crippen molar-refractivity contribution < 1.29 is 13.9 Å². The molecule has 2 rings (SSSR count). The van der Waals surface area contributed by atoms with Gasteiger partial charge in [-0.15, -0.1) is 12.4 Å². The third-order valence-corrected chi connectivity index (χ3v) is 3.66. The summed E-state index contributed by atoms with van der Waals surface area (Å²) >= 11 is 0. The van der Waals surface area contributed by atoms with Crippen molar-refractivity contribution in [3.8, 4) is 0 Å². The number of furan rings is 1. The third-order valence-electron chi connectivity index (χ3n) is 3.66. The van der Waals surface area contributed by atoms with Crippen LogP contribution in [0.1, 0.15) is 30.7 Å². The summed E-state index contributed by atoms with van der Waals surface area (Å²) in [7, 11) is 1.55. The zero-order valence-electron chi connectivity index (χ0n) is 13.1. The van der Waals surface area contributed by atoms with Gasteiger partial charge in [0.25, 0.3) is 0 Å². The molecule has 0 aliphatic heterocycles. The first kappa shape index (κ1) is 18.5. The number of nitrogens with two attached hydrogens (primary N) is 1. The molecule has 0 aliphatic carbocycles. The van der Waals surface area contributed by atoms with E-state index in [9.17, 15) is 4.79 Å². The van der Waals surface area contributed by atoms with Gasteiger partial charge in [-0.2, -0.15) is 0 Å². The molecule has 0 bridgehead atoms. The van der Waals surface area contributed by atoms with Gasteiger partial charge in [-0.1, -0.05) is 18.2 Å². The van der Waals surface area contributed by atoms with E-state index in [0.717, 1.165) is 22.3 Å². The lowest BCUT2D eigenvalue weighted by atomic mass is 10.1. The second-order valence-electron chi connectivity index (χ2n) is 5.17. The van der Waals surface area contributed by atoms with Crippen molar-refractivity contribution in [3.63, 3.8) is 0 Å². The number of rotatable bonds is 6. The summed E-state index contributed by atoms with van der Waals surface area (Å²) < 4.78 is 11.0. The van der Waals surface area contributed by atoms with Crippen LogP contribution in [0.2, 0.25) is 0 Å². The minimum Gasteiger partial charge on any atom is -0.459 e. The van der Waals surface area contributed by atoms with Crippen LogP contribution in [0.3, 0.4) is 0 Å². The molecule has 3 N–H and O–H groups in total. The van der Waals surface area contributed by atoms with E-state index in [4.69, 9.17) is 14.9 Å². The summed E-state index contributed by atoms with van der Waals surface area (Å²) in [5, 5.41) is 4.00. The van der Waals surface area contributed by atoms with E-state index in [1.807, 2.05) is 38.1 Å². The lowest BCUT2D eigenvalue weighted by Gasteiger charge is -2.16. The normalized spacial score (nSPS) is 13.5. The van der Waals surface area contributed by atoms with Crippen molar-refractivity contribution in [2.24, 2.45) is 5.73 Å². The molecule has 0 fully saturated rings. The number of amides is 1. The van der Waals surface area contributed by atoms with E-state index >= 15 is 0 Å². The van der Waals surface area contributed by atoms with E-state index in [1.54, 1.807) is 7.11 Å². The largest absolute Gasteiger partial charge is 0.459 e. The average molecular weight is 327 g/mol. The van der Waals surface area contributed by atoms with E-state index in [1.165, 1.54) is 0 Å². The Labute approximate surface area is 136 Å². The van der Waals surface area contributed by atoms with Gasteiger partial charge in [0.15, 0.2) is 0 Å². The molecule has 1 aromatic heterocycles. The molecule has 6 heteroatoms. The second-order valence-corrected chi connectivity index (χ2v) is 5.17. The Balaban J connectivity index is 0.00000242. The van der Waals surface area contributed by atoms with Crippen LogP contribution in [-0.4, -0.2) is 25.7 Å². The molecule has 0 spiro atoms. The van der Waals surface area contributed by atoms with Crippen LogP contribution in [0.15, 0.2) is 28.7 Å². The molecule has 0 saturated heterocycles. The molecule has 122 valence electrons. The summed E-state index contributed by atoms with van der Waals surface area (Å²) in [5.41, 5.74) is 7.42. The Kier molecular flexibility index (Phi) is 6.87. The van der Waals surface area contributed by atoms with Gasteiger partial charge in [0.05, 0.1) is 18.6 Å². The van der Waals surface area contributed by atoms with Gasteiger partial charge in [-0.05, 0) is 19.9 Å². The van der Waals surface area contributed by atoms with Crippen LogP contribution in [-0.2, 0) is 9.53 Å². The monoisotopic (exact) mass is 326 g/mol. The van der Waals surface area contributed by atoms with Gasteiger partial charge >= 0.3 is 0 Å². The lowest BCUT2D eigenvalue weighted by Crippen LogP contribution is -2.33. The number of carbonyl (C=O) groups excluding carboxylic acids is 1. The van der Waals surface area contributed by atoms with Crippen molar-refractivity contribution in [1.29, 1.82) is 0 Å². The van der Waals surface area contributed by atoms with Gasteiger partial charge in [0.2, 0.25) is 5.91 Å². The number of hydrogen-bond donors (Lipinski definition) is 2. The van der Waals surface area contributed by atoms with Crippen molar-refractivity contribution in [2.45, 2.75) is 32.4 Å². The number of carbonyl (C=O) groups is 1. The summed E-state index contributed by atoms with van der Waals surface area (Å²) in [6, 6.07) is 7.66. The Bertz CT molecular complexity index is 623. The Morgan fingerprint density at radius 3 is 2.68 bits per heavy atom. The van der Waals surface area contributed by atoms with Crippen LogP contribution in [0.25, 0.3) is 11.0 Å². The maximum absolute atomic E-state index is 12.0. The number of fused-ring (bicyclic) bond motifs is 1. The first-order valence-electron chi connectivity index (χ1n) is 7.07. The minimum atomic E-state index is -0.256. The molecule has 0 radical (unpaired) electrons. The SMILES string of the molecule is COC(CN)CC(=O)NC(C)c1oc2ccccc2c1C.Cl. The predicted molar refractivity (Wildman–Crippen MR) is 89.2 cm³/mol. The predicted octanol–water partition coefficient (Wildman–Crippen LogP) is 2.70. The quantitative estimate of drug-likeness (QED) is 0.855. The fourth-order valence-corrected chi connectivity index (χ4v) is 2.44. The first-order chi connectivity index (χ1) is 10.1. The molecule has 2 aromatic rings. The van der Waals surface area contributed by atoms with Crippen LogP contribution in [0, 0.1) is 6.92 Å². The number of nitrogens with one attached hydrogen (secondary N) is 1. The highest BCUT2D eigenvalue weighted by Crippen LogP contribution is 2.29. The molecule has 1 aromatic carbocycles. The van der Waals surface area contributed by atoms with Crippen LogP contribution >= 0.6 is 12.4 Å². The fourth-order valence-electron chi connectivity index (χ4n) is 2.44. The molecule has 2 unspecified atom stereocenters. The molecule has 0 aliphatic rings. The Hall–Kier alpha value is -1.56. The van der Waals surface area contributed by atoms with Crippen LogP contribution in [0.5, 0.6) is 0 Å². The van der Waals surface area contributed by atoms with Gasteiger partial charge in [0, 0.05) is 24.6 Å². The number of halogens is 1. The number of aryl methyl sites for hydroxylation is 1. The molecular formula is C16H23ClN2O3. The smallest absolute Gasteiger partial charge is 0.223 e. The number of ether oxygens (including phenoxy) is 1. The average Bonchev–Trinajstić information content (AvgIpc) is 2.82. The van der Waals surface area contributed by atoms with E-state index in [0.29, 0.717) is 6.54 Å². The van der Waals surface area contributed by atoms with E-state index < -0.39 is 0 Å². The van der Waals surface area contributed by atoms with Gasteiger partial charge in [-0.25, -0.2) is 0 Å². The van der Waals surface area contributed by atoms with Crippen molar-refractivity contribution in [2.75, 3.05) is 13.7 Å². The van der Waals surface area contributed by atoms with E-state index in [-0.39, 0.29) is 36.9 Å². The molecule has 2 atom stereocenters. The standard InChI is InChI=1S/C16H22N2O3.ClH/c1-10-13-6-4-5-7-14(13)21-16(10)11(2)18-15(19)8-12(9-17)20-3;/h4-7,11-12H,8-9,17H2,1-3H3,(H,18,19);1H. The third kappa shape index (κ3) is 4.00. The number of para-hydroxylation sites is 1. The van der Waals surface area contributed by atoms with Crippen molar-refractivity contribution >= 4 is 29.3 Å².